The number of methoxy groups -OCH3 is 1. The van der Waals surface area contributed by atoms with Gasteiger partial charge in [-0.1, -0.05) is 60.7 Å². The number of fused-ring (bicyclic) bond motifs is 1. The first-order valence-electron chi connectivity index (χ1n) is 10.7. The molecular weight excluding hydrogens is 400 g/mol. The average Bonchev–Trinajstić information content (AvgIpc) is 2.84. The summed E-state index contributed by atoms with van der Waals surface area (Å²) in [5, 5.41) is 3.82. The van der Waals surface area contributed by atoms with Crippen LogP contribution in [-0.2, 0) is 30.7 Å². The smallest absolute Gasteiger partial charge is 0.254 e. The second kappa shape index (κ2) is 9.96. The van der Waals surface area contributed by atoms with Crippen molar-refractivity contribution in [1.29, 1.82) is 0 Å². The highest BCUT2D eigenvalue weighted by Gasteiger charge is 2.13. The summed E-state index contributed by atoms with van der Waals surface area (Å²) in [5.41, 5.74) is 3.43. The van der Waals surface area contributed by atoms with Crippen molar-refractivity contribution < 1.29 is 9.53 Å². The van der Waals surface area contributed by atoms with Crippen molar-refractivity contribution in [3.05, 3.63) is 112 Å². The van der Waals surface area contributed by atoms with Gasteiger partial charge in [0.2, 0.25) is 5.91 Å². The molecule has 1 amide bonds. The summed E-state index contributed by atoms with van der Waals surface area (Å²) in [6.45, 7) is 0.373. The van der Waals surface area contributed by atoms with Crippen LogP contribution in [0.2, 0.25) is 0 Å². The van der Waals surface area contributed by atoms with Crippen molar-refractivity contribution in [2.45, 2.75) is 25.9 Å². The molecule has 0 bridgehead atoms. The molecule has 0 saturated carbocycles. The van der Waals surface area contributed by atoms with Crippen LogP contribution < -0.4 is 15.6 Å². The highest BCUT2D eigenvalue weighted by atomic mass is 16.5. The molecular formula is C27H26N2O3. The van der Waals surface area contributed by atoms with Crippen LogP contribution in [0.5, 0.6) is 5.75 Å². The Hall–Kier alpha value is -3.86. The van der Waals surface area contributed by atoms with E-state index >= 15 is 0 Å². The summed E-state index contributed by atoms with van der Waals surface area (Å²) in [4.78, 5) is 26.1. The zero-order valence-corrected chi connectivity index (χ0v) is 18.1. The van der Waals surface area contributed by atoms with Gasteiger partial charge in [0.05, 0.1) is 12.6 Å². The Morgan fingerprint density at radius 3 is 2.25 bits per heavy atom. The van der Waals surface area contributed by atoms with Gasteiger partial charge in [0.25, 0.3) is 5.56 Å². The van der Waals surface area contributed by atoms with E-state index < -0.39 is 0 Å². The normalized spacial score (nSPS) is 10.8. The SMILES string of the molecule is COc1ccc2cc(CCc3ccccc3)c(=O)n(CC(=O)NCc3ccccc3)c2c1. The van der Waals surface area contributed by atoms with Crippen molar-refractivity contribution in [2.24, 2.45) is 0 Å². The highest BCUT2D eigenvalue weighted by Crippen LogP contribution is 2.21. The minimum absolute atomic E-state index is 0.0471. The summed E-state index contributed by atoms with van der Waals surface area (Å²) in [6, 6.07) is 27.3. The van der Waals surface area contributed by atoms with Crippen LogP contribution in [0.1, 0.15) is 16.7 Å². The van der Waals surface area contributed by atoms with E-state index in [1.807, 2.05) is 72.8 Å². The molecule has 0 unspecified atom stereocenters. The predicted molar refractivity (Wildman–Crippen MR) is 127 cm³/mol. The van der Waals surface area contributed by atoms with Gasteiger partial charge < -0.3 is 10.1 Å². The number of carbonyl (C=O) groups is 1. The van der Waals surface area contributed by atoms with Gasteiger partial charge in [0.1, 0.15) is 12.3 Å². The lowest BCUT2D eigenvalue weighted by Gasteiger charge is -2.14. The molecule has 3 aromatic carbocycles. The molecule has 5 nitrogen and oxygen atoms in total. The van der Waals surface area contributed by atoms with Gasteiger partial charge in [-0.05, 0) is 47.6 Å². The number of benzene rings is 3. The highest BCUT2D eigenvalue weighted by molar-refractivity contribution is 5.84. The first-order valence-corrected chi connectivity index (χ1v) is 10.7. The molecule has 5 heteroatoms. The standard InChI is InChI=1S/C27H26N2O3/c1-32-24-15-14-22-16-23(13-12-20-8-4-2-5-9-20)27(31)29(25(22)17-24)19-26(30)28-18-21-10-6-3-7-11-21/h2-11,14-17H,12-13,18-19H2,1H3,(H,28,30). The second-order valence-corrected chi connectivity index (χ2v) is 7.73. The van der Waals surface area contributed by atoms with Gasteiger partial charge >= 0.3 is 0 Å². The minimum atomic E-state index is -0.208. The molecule has 1 N–H and O–H groups in total. The van der Waals surface area contributed by atoms with E-state index in [0.717, 1.165) is 17.4 Å². The molecule has 0 radical (unpaired) electrons. The molecule has 0 aliphatic rings. The number of aryl methyl sites for hydroxylation is 2. The Morgan fingerprint density at radius 2 is 1.56 bits per heavy atom. The van der Waals surface area contributed by atoms with Crippen molar-refractivity contribution in [2.75, 3.05) is 7.11 Å². The fraction of sp³-hybridized carbons (Fsp3) is 0.185. The summed E-state index contributed by atoms with van der Waals surface area (Å²) < 4.78 is 6.90. The van der Waals surface area contributed by atoms with E-state index in [1.54, 1.807) is 11.7 Å². The molecule has 4 rings (SSSR count). The van der Waals surface area contributed by atoms with Crippen LogP contribution >= 0.6 is 0 Å². The monoisotopic (exact) mass is 426 g/mol. The molecule has 1 heterocycles. The third-order valence-corrected chi connectivity index (χ3v) is 5.54. The molecule has 32 heavy (non-hydrogen) atoms. The van der Waals surface area contributed by atoms with E-state index in [0.29, 0.717) is 29.8 Å². The van der Waals surface area contributed by atoms with E-state index in [-0.39, 0.29) is 18.0 Å². The van der Waals surface area contributed by atoms with E-state index in [9.17, 15) is 9.59 Å². The lowest BCUT2D eigenvalue weighted by atomic mass is 10.0. The number of ether oxygens (including phenoxy) is 1. The molecule has 0 aliphatic carbocycles. The van der Waals surface area contributed by atoms with Gasteiger partial charge in [-0.3, -0.25) is 14.2 Å². The van der Waals surface area contributed by atoms with E-state index in [4.69, 9.17) is 4.74 Å². The molecule has 1 aromatic heterocycles. The quantitative estimate of drug-likeness (QED) is 0.461. The minimum Gasteiger partial charge on any atom is -0.497 e. The molecule has 0 saturated heterocycles. The fourth-order valence-corrected chi connectivity index (χ4v) is 3.79. The molecule has 0 aliphatic heterocycles. The van der Waals surface area contributed by atoms with Gasteiger partial charge in [-0.15, -0.1) is 0 Å². The summed E-state index contributed by atoms with van der Waals surface area (Å²) in [7, 11) is 1.59. The van der Waals surface area contributed by atoms with Crippen molar-refractivity contribution in [3.8, 4) is 5.75 Å². The van der Waals surface area contributed by atoms with Crippen molar-refractivity contribution in [3.63, 3.8) is 0 Å². The second-order valence-electron chi connectivity index (χ2n) is 7.73. The summed E-state index contributed by atoms with van der Waals surface area (Å²) in [5.74, 6) is 0.438. The number of hydrogen-bond acceptors (Lipinski definition) is 3. The van der Waals surface area contributed by atoms with E-state index in [2.05, 4.69) is 17.4 Å². The van der Waals surface area contributed by atoms with Gasteiger partial charge in [0.15, 0.2) is 0 Å². The lowest BCUT2D eigenvalue weighted by molar-refractivity contribution is -0.121. The lowest BCUT2D eigenvalue weighted by Crippen LogP contribution is -2.33. The predicted octanol–water partition coefficient (Wildman–Crippen LogP) is 4.11. The van der Waals surface area contributed by atoms with Crippen LogP contribution in [-0.4, -0.2) is 17.6 Å². The Labute approximate surface area is 187 Å². The number of amides is 1. The third kappa shape index (κ3) is 5.06. The number of aromatic nitrogens is 1. The molecule has 0 fully saturated rings. The number of rotatable bonds is 8. The molecule has 4 aromatic rings. The largest absolute Gasteiger partial charge is 0.497 e. The maximum absolute atomic E-state index is 13.4. The topological polar surface area (TPSA) is 60.3 Å². The first-order chi connectivity index (χ1) is 15.6. The Bertz CT molecular complexity index is 1260. The van der Waals surface area contributed by atoms with Gasteiger partial charge in [0, 0.05) is 18.2 Å². The van der Waals surface area contributed by atoms with Gasteiger partial charge in [-0.25, -0.2) is 0 Å². The molecule has 0 spiro atoms. The first kappa shape index (κ1) is 21.4. The number of carbonyl (C=O) groups excluding carboxylic acids is 1. The van der Waals surface area contributed by atoms with Crippen LogP contribution in [0.15, 0.2) is 89.7 Å². The third-order valence-electron chi connectivity index (χ3n) is 5.54. The van der Waals surface area contributed by atoms with Crippen molar-refractivity contribution in [1.82, 2.24) is 9.88 Å². The Morgan fingerprint density at radius 1 is 0.875 bits per heavy atom. The zero-order chi connectivity index (χ0) is 22.3. The maximum Gasteiger partial charge on any atom is 0.254 e. The Kier molecular flexibility index (Phi) is 6.66. The van der Waals surface area contributed by atoms with Crippen LogP contribution in [0.3, 0.4) is 0 Å². The van der Waals surface area contributed by atoms with Crippen molar-refractivity contribution >= 4 is 16.8 Å². The molecule has 0 atom stereocenters. The average molecular weight is 427 g/mol. The fourth-order valence-electron chi connectivity index (χ4n) is 3.79. The van der Waals surface area contributed by atoms with Crippen LogP contribution in [0.25, 0.3) is 10.9 Å². The van der Waals surface area contributed by atoms with E-state index in [1.165, 1.54) is 5.56 Å². The molecule has 162 valence electrons. The number of hydrogen-bond donors (Lipinski definition) is 1. The van der Waals surface area contributed by atoms with Gasteiger partial charge in [-0.2, -0.15) is 0 Å². The summed E-state index contributed by atoms with van der Waals surface area (Å²) >= 11 is 0. The Balaban J connectivity index is 1.62. The maximum atomic E-state index is 13.4. The zero-order valence-electron chi connectivity index (χ0n) is 18.1. The number of nitrogens with zero attached hydrogens (tertiary/aromatic N) is 1. The number of pyridine rings is 1. The van der Waals surface area contributed by atoms with Crippen LogP contribution in [0.4, 0.5) is 0 Å². The van der Waals surface area contributed by atoms with Crippen LogP contribution in [0, 0.1) is 0 Å². The summed E-state index contributed by atoms with van der Waals surface area (Å²) in [6.07, 6.45) is 1.37. The number of nitrogens with one attached hydrogen (secondary N) is 1.